The van der Waals surface area contributed by atoms with Crippen molar-refractivity contribution < 1.29 is 13.9 Å². The molecule has 0 aromatic heterocycles. The van der Waals surface area contributed by atoms with Crippen molar-refractivity contribution in [2.45, 2.75) is 51.4 Å². The summed E-state index contributed by atoms with van der Waals surface area (Å²) in [5.41, 5.74) is 1.18. The molecule has 1 nitrogen and oxygen atoms in total. The maximum Gasteiger partial charge on any atom is 0.200 e. The Bertz CT molecular complexity index is 627. The predicted molar refractivity (Wildman–Crippen MR) is 93.6 cm³/mol. The Hall–Kier alpha value is -1.64. The molecule has 1 N–H and O–H groups in total. The van der Waals surface area contributed by atoms with Crippen molar-refractivity contribution in [3.63, 3.8) is 0 Å². The van der Waals surface area contributed by atoms with Crippen LogP contribution in [0.25, 0.3) is 5.57 Å². The maximum absolute atomic E-state index is 14.0. The predicted octanol–water partition coefficient (Wildman–Crippen LogP) is 6.24. The summed E-state index contributed by atoms with van der Waals surface area (Å²) in [6.45, 7) is 3.84. The van der Waals surface area contributed by atoms with Gasteiger partial charge in [0, 0.05) is 5.56 Å². The van der Waals surface area contributed by atoms with Crippen molar-refractivity contribution in [1.82, 2.24) is 0 Å². The van der Waals surface area contributed by atoms with Crippen LogP contribution < -0.4 is 0 Å². The van der Waals surface area contributed by atoms with E-state index in [9.17, 15) is 13.9 Å². The van der Waals surface area contributed by atoms with Gasteiger partial charge in [-0.05, 0) is 86.8 Å². The first kappa shape index (κ1) is 17.2. The van der Waals surface area contributed by atoms with Crippen LogP contribution in [-0.4, -0.2) is 5.11 Å². The fraction of sp³-hybridized carbons (Fsp3) is 0.524. The van der Waals surface area contributed by atoms with Gasteiger partial charge in [-0.15, -0.1) is 6.58 Å². The van der Waals surface area contributed by atoms with E-state index in [2.05, 4.69) is 12.7 Å². The van der Waals surface area contributed by atoms with Gasteiger partial charge in [-0.2, -0.15) is 4.39 Å². The van der Waals surface area contributed by atoms with E-state index in [0.717, 1.165) is 43.1 Å². The lowest BCUT2D eigenvalue weighted by Gasteiger charge is -2.35. The molecule has 2 aliphatic rings. The van der Waals surface area contributed by atoms with Crippen molar-refractivity contribution >= 4 is 5.57 Å². The maximum atomic E-state index is 14.0. The molecule has 0 heterocycles. The van der Waals surface area contributed by atoms with E-state index >= 15 is 0 Å². The number of allylic oxidation sites excluding steroid dienone is 3. The van der Waals surface area contributed by atoms with Crippen molar-refractivity contribution in [3.05, 3.63) is 48.1 Å². The minimum absolute atomic E-state index is 0.304. The number of hydrogen-bond donors (Lipinski definition) is 1. The minimum Gasteiger partial charge on any atom is -0.505 e. The van der Waals surface area contributed by atoms with Gasteiger partial charge in [-0.1, -0.05) is 12.2 Å². The molecule has 0 bridgehead atoms. The van der Waals surface area contributed by atoms with Crippen molar-refractivity contribution in [2.24, 2.45) is 17.8 Å². The lowest BCUT2D eigenvalue weighted by atomic mass is 9.70. The number of hydrogen-bond acceptors (Lipinski definition) is 1. The SMILES string of the molecule is C=CCC1CCC(C2CC=C(c3ccc(O)c(F)c3F)CC2)CC1. The highest BCUT2D eigenvalue weighted by Crippen LogP contribution is 2.42. The number of phenolic OH excluding ortho intramolecular Hbond substituents is 1. The highest BCUT2D eigenvalue weighted by Gasteiger charge is 2.29. The first-order valence-corrected chi connectivity index (χ1v) is 9.07. The summed E-state index contributed by atoms with van der Waals surface area (Å²) in [6, 6.07) is 2.72. The Balaban J connectivity index is 1.63. The largest absolute Gasteiger partial charge is 0.505 e. The van der Waals surface area contributed by atoms with E-state index in [1.54, 1.807) is 0 Å². The van der Waals surface area contributed by atoms with Crippen LogP contribution in [0.15, 0.2) is 30.9 Å². The number of halogens is 2. The van der Waals surface area contributed by atoms with Gasteiger partial charge in [-0.3, -0.25) is 0 Å². The van der Waals surface area contributed by atoms with Gasteiger partial charge in [0.15, 0.2) is 11.6 Å². The summed E-state index contributed by atoms with van der Waals surface area (Å²) in [7, 11) is 0. The Labute approximate surface area is 143 Å². The Morgan fingerprint density at radius 2 is 1.79 bits per heavy atom. The van der Waals surface area contributed by atoms with Crippen LogP contribution in [0.2, 0.25) is 0 Å². The van der Waals surface area contributed by atoms with Crippen molar-refractivity contribution in [1.29, 1.82) is 0 Å². The monoisotopic (exact) mass is 332 g/mol. The zero-order valence-corrected chi connectivity index (χ0v) is 14.1. The molecule has 1 unspecified atom stereocenters. The molecule has 0 saturated heterocycles. The summed E-state index contributed by atoms with van der Waals surface area (Å²) in [4.78, 5) is 0. The lowest BCUT2D eigenvalue weighted by Crippen LogP contribution is -2.23. The standard InChI is InChI=1S/C21H26F2O/c1-2-3-14-4-6-15(7-5-14)16-8-10-17(11-9-16)18-12-13-19(24)21(23)20(18)22/h2,10,12-16,24H,1,3-9,11H2. The van der Waals surface area contributed by atoms with E-state index in [-0.39, 0.29) is 0 Å². The lowest BCUT2D eigenvalue weighted by molar-refractivity contribution is 0.195. The highest BCUT2D eigenvalue weighted by molar-refractivity contribution is 5.67. The molecule has 0 aliphatic heterocycles. The Kier molecular flexibility index (Phi) is 5.37. The average Bonchev–Trinajstić information content (AvgIpc) is 2.61. The molecule has 3 rings (SSSR count). The summed E-state index contributed by atoms with van der Waals surface area (Å²) in [5, 5.41) is 9.25. The van der Waals surface area contributed by atoms with E-state index in [4.69, 9.17) is 0 Å². The Morgan fingerprint density at radius 3 is 2.42 bits per heavy atom. The molecule has 0 spiro atoms. The van der Waals surface area contributed by atoms with Crippen LogP contribution in [0, 0.1) is 29.4 Å². The molecule has 3 heteroatoms. The fourth-order valence-corrected chi connectivity index (χ4v) is 4.45. The van der Waals surface area contributed by atoms with E-state index in [0.29, 0.717) is 11.5 Å². The van der Waals surface area contributed by atoms with Gasteiger partial charge in [0.25, 0.3) is 0 Å². The zero-order chi connectivity index (χ0) is 17.1. The Morgan fingerprint density at radius 1 is 1.04 bits per heavy atom. The molecular formula is C21H26F2O. The third kappa shape index (κ3) is 3.55. The van der Waals surface area contributed by atoms with Crippen LogP contribution in [0.3, 0.4) is 0 Å². The van der Waals surface area contributed by atoms with Gasteiger partial charge in [0.1, 0.15) is 0 Å². The molecule has 1 fully saturated rings. The first-order chi connectivity index (χ1) is 11.6. The molecule has 0 amide bonds. The number of benzene rings is 1. The van der Waals surface area contributed by atoms with Gasteiger partial charge in [-0.25, -0.2) is 4.39 Å². The quantitative estimate of drug-likeness (QED) is 0.647. The second kappa shape index (κ2) is 7.50. The van der Waals surface area contributed by atoms with Gasteiger partial charge < -0.3 is 5.11 Å². The van der Waals surface area contributed by atoms with E-state index in [1.807, 2.05) is 6.08 Å². The molecule has 1 atom stereocenters. The molecule has 24 heavy (non-hydrogen) atoms. The van der Waals surface area contributed by atoms with E-state index in [1.165, 1.54) is 37.8 Å². The number of aromatic hydroxyl groups is 1. The molecule has 1 aromatic rings. The molecule has 2 aliphatic carbocycles. The van der Waals surface area contributed by atoms with Gasteiger partial charge in [0.05, 0.1) is 0 Å². The first-order valence-electron chi connectivity index (χ1n) is 9.07. The third-order valence-corrected chi connectivity index (χ3v) is 5.92. The number of phenols is 1. The molecule has 130 valence electrons. The highest BCUT2D eigenvalue weighted by atomic mass is 19.2. The molecular weight excluding hydrogens is 306 g/mol. The normalized spacial score (nSPS) is 27.6. The minimum atomic E-state index is -1.14. The van der Waals surface area contributed by atoms with Crippen LogP contribution in [-0.2, 0) is 0 Å². The third-order valence-electron chi connectivity index (χ3n) is 5.92. The van der Waals surface area contributed by atoms with Gasteiger partial charge >= 0.3 is 0 Å². The van der Waals surface area contributed by atoms with E-state index < -0.39 is 17.4 Å². The summed E-state index contributed by atoms with van der Waals surface area (Å²) in [6.07, 6.45) is 13.2. The van der Waals surface area contributed by atoms with Crippen molar-refractivity contribution in [3.8, 4) is 5.75 Å². The molecule has 1 aromatic carbocycles. The van der Waals surface area contributed by atoms with Crippen LogP contribution in [0.1, 0.15) is 56.9 Å². The molecule has 1 saturated carbocycles. The molecule has 0 radical (unpaired) electrons. The second-order valence-corrected chi connectivity index (χ2v) is 7.33. The van der Waals surface area contributed by atoms with Crippen LogP contribution >= 0.6 is 0 Å². The fourth-order valence-electron chi connectivity index (χ4n) is 4.45. The summed E-state index contributed by atoms with van der Waals surface area (Å²) < 4.78 is 27.6. The second-order valence-electron chi connectivity index (χ2n) is 7.33. The van der Waals surface area contributed by atoms with Gasteiger partial charge in [0.2, 0.25) is 5.82 Å². The summed E-state index contributed by atoms with van der Waals surface area (Å²) in [5.74, 6) is -0.446. The summed E-state index contributed by atoms with van der Waals surface area (Å²) >= 11 is 0. The van der Waals surface area contributed by atoms with Crippen molar-refractivity contribution in [2.75, 3.05) is 0 Å². The zero-order valence-electron chi connectivity index (χ0n) is 14.1. The van der Waals surface area contributed by atoms with Crippen LogP contribution in [0.5, 0.6) is 5.75 Å². The number of rotatable bonds is 4. The topological polar surface area (TPSA) is 20.2 Å². The average molecular weight is 332 g/mol. The smallest absolute Gasteiger partial charge is 0.200 e. The van der Waals surface area contributed by atoms with Crippen LogP contribution in [0.4, 0.5) is 8.78 Å².